The smallest absolute Gasteiger partial charge is 0.260 e. The molecule has 0 bridgehead atoms. The van der Waals surface area contributed by atoms with Gasteiger partial charge in [-0.25, -0.2) is 19.9 Å². The largest absolute Gasteiger partial charge is 0.374 e. The van der Waals surface area contributed by atoms with E-state index in [-0.39, 0.29) is 29.6 Å². The second kappa shape index (κ2) is 8.70. The number of likely N-dealkylation sites (N-methyl/N-ethyl adjacent to an activating group) is 1. The van der Waals surface area contributed by atoms with E-state index in [1.54, 1.807) is 38.4 Å². The third-order valence-corrected chi connectivity index (χ3v) is 5.07. The van der Waals surface area contributed by atoms with E-state index in [0.29, 0.717) is 17.9 Å². The van der Waals surface area contributed by atoms with Crippen molar-refractivity contribution in [3.63, 3.8) is 0 Å². The number of hydrogen-bond donors (Lipinski definition) is 3. The quantitative estimate of drug-likeness (QED) is 0.281. The molecule has 1 atom stereocenters. The van der Waals surface area contributed by atoms with Gasteiger partial charge >= 0.3 is 0 Å². The van der Waals surface area contributed by atoms with Crippen LogP contribution in [0.2, 0.25) is 0 Å². The number of aliphatic imine (C=N–C) groups is 1. The lowest BCUT2D eigenvalue weighted by atomic mass is 9.96. The summed E-state index contributed by atoms with van der Waals surface area (Å²) < 4.78 is 15.1. The lowest BCUT2D eigenvalue weighted by Gasteiger charge is -2.19. The number of anilines is 2. The fraction of sp³-hybridized carbons (Fsp3) is 0.250. The highest BCUT2D eigenvalue weighted by atomic mass is 19.1. The Hall–Kier alpha value is -4.26. The van der Waals surface area contributed by atoms with E-state index in [4.69, 9.17) is 5.84 Å². The second-order valence-corrected chi connectivity index (χ2v) is 7.39. The number of aliphatic hydroxyl groups is 1. The van der Waals surface area contributed by atoms with Gasteiger partial charge < -0.3 is 21.2 Å². The number of halogens is 1. The molecule has 4 rings (SSSR count). The molecular formula is C20H21FN10O2. The Balaban J connectivity index is 1.56. The summed E-state index contributed by atoms with van der Waals surface area (Å²) >= 11 is 0. The average Bonchev–Trinajstić information content (AvgIpc) is 3.27. The maximum absolute atomic E-state index is 13.8. The lowest BCUT2D eigenvalue weighted by molar-refractivity contribution is -0.136. The summed E-state index contributed by atoms with van der Waals surface area (Å²) in [5, 5.41) is 20.7. The van der Waals surface area contributed by atoms with Crippen molar-refractivity contribution in [3.05, 3.63) is 42.6 Å². The maximum atomic E-state index is 13.8. The molecule has 0 aliphatic carbocycles. The normalized spacial score (nSPS) is 19.0. The van der Waals surface area contributed by atoms with Gasteiger partial charge in [0.05, 0.1) is 23.8 Å². The van der Waals surface area contributed by atoms with Gasteiger partial charge in [0, 0.05) is 33.3 Å². The highest BCUT2D eigenvalue weighted by Gasteiger charge is 2.47. The van der Waals surface area contributed by atoms with E-state index < -0.39 is 17.5 Å². The van der Waals surface area contributed by atoms with Gasteiger partial charge in [0.25, 0.3) is 11.9 Å². The van der Waals surface area contributed by atoms with Crippen LogP contribution in [0, 0.1) is 5.95 Å². The molecule has 170 valence electrons. The highest BCUT2D eigenvalue weighted by Crippen LogP contribution is 2.24. The number of likely N-dealkylation sites (tertiary alicyclic amines) is 1. The van der Waals surface area contributed by atoms with Crippen LogP contribution in [-0.4, -0.2) is 71.8 Å². The van der Waals surface area contributed by atoms with Crippen LogP contribution >= 0.6 is 0 Å². The number of carbonyl (C=O) groups is 1. The van der Waals surface area contributed by atoms with Crippen molar-refractivity contribution in [2.75, 3.05) is 18.9 Å². The predicted molar refractivity (Wildman–Crippen MR) is 119 cm³/mol. The van der Waals surface area contributed by atoms with Crippen LogP contribution in [0.5, 0.6) is 0 Å². The first-order valence-corrected chi connectivity index (χ1v) is 9.87. The third-order valence-electron chi connectivity index (χ3n) is 5.07. The summed E-state index contributed by atoms with van der Waals surface area (Å²) in [4.78, 5) is 30.8. The first-order valence-electron chi connectivity index (χ1n) is 9.87. The van der Waals surface area contributed by atoms with Crippen LogP contribution in [0.4, 0.5) is 21.8 Å². The number of carbonyl (C=O) groups excluding carboxylic acids is 1. The van der Waals surface area contributed by atoms with Crippen molar-refractivity contribution in [3.8, 4) is 11.4 Å². The topological polar surface area (TPSA) is 160 Å². The minimum Gasteiger partial charge on any atom is -0.374 e. The summed E-state index contributed by atoms with van der Waals surface area (Å²) in [7, 11) is 3.19. The van der Waals surface area contributed by atoms with Gasteiger partial charge in [-0.3, -0.25) is 9.48 Å². The number of hydrogen-bond acceptors (Lipinski definition) is 10. The molecule has 1 fully saturated rings. The fourth-order valence-electron chi connectivity index (χ4n) is 3.33. The second-order valence-electron chi connectivity index (χ2n) is 7.39. The average molecular weight is 452 g/mol. The lowest BCUT2D eigenvalue weighted by Crippen LogP contribution is -2.47. The molecule has 4 N–H and O–H groups in total. The standard InChI is InChI=1S/C20H21FN10O2/c1-30-9-7-20(33,18(30)32)15(28-22)10-24-16-5-3-4-12(25-16)13-6-8-23-19(26-13)27-14-11-31(2)29-17(14)21/h3-6,8,10-11,33H,7,9,22H2,1-2H3,(H,23,26,27)/b24-10+,28-15+/t20-/m1/s1. The Morgan fingerprint density at radius 1 is 1.30 bits per heavy atom. The highest BCUT2D eigenvalue weighted by molar-refractivity contribution is 6.40. The molecule has 1 saturated heterocycles. The van der Waals surface area contributed by atoms with Crippen LogP contribution in [0.1, 0.15) is 6.42 Å². The monoisotopic (exact) mass is 452 g/mol. The Labute approximate surface area is 187 Å². The van der Waals surface area contributed by atoms with E-state index in [1.807, 2.05) is 0 Å². The zero-order valence-electron chi connectivity index (χ0n) is 17.8. The number of hydrazone groups is 1. The molecule has 0 unspecified atom stereocenters. The molecule has 12 nitrogen and oxygen atoms in total. The third kappa shape index (κ3) is 4.39. The zero-order valence-corrected chi connectivity index (χ0v) is 17.8. The van der Waals surface area contributed by atoms with E-state index in [9.17, 15) is 14.3 Å². The molecule has 13 heteroatoms. The Morgan fingerprint density at radius 2 is 2.09 bits per heavy atom. The van der Waals surface area contributed by atoms with Gasteiger partial charge in [0.1, 0.15) is 11.4 Å². The van der Waals surface area contributed by atoms with Gasteiger partial charge in [-0.1, -0.05) is 6.07 Å². The van der Waals surface area contributed by atoms with Gasteiger partial charge in [0.15, 0.2) is 11.4 Å². The molecule has 3 aromatic heterocycles. The van der Waals surface area contributed by atoms with E-state index in [2.05, 4.69) is 35.5 Å². The summed E-state index contributed by atoms with van der Waals surface area (Å²) in [6.07, 6.45) is 4.36. The minimum absolute atomic E-state index is 0.0592. The number of rotatable bonds is 6. The van der Waals surface area contributed by atoms with Crippen molar-refractivity contribution < 1.29 is 14.3 Å². The number of amides is 1. The van der Waals surface area contributed by atoms with Crippen molar-refractivity contribution in [1.29, 1.82) is 0 Å². The summed E-state index contributed by atoms with van der Waals surface area (Å²) in [6, 6.07) is 6.71. The van der Waals surface area contributed by atoms with Crippen LogP contribution in [0.15, 0.2) is 46.8 Å². The first-order chi connectivity index (χ1) is 15.8. The van der Waals surface area contributed by atoms with E-state index >= 15 is 0 Å². The summed E-state index contributed by atoms with van der Waals surface area (Å²) in [5.74, 6) is 4.69. The van der Waals surface area contributed by atoms with Gasteiger partial charge in [-0.05, 0) is 18.2 Å². The molecule has 0 saturated carbocycles. The molecular weight excluding hydrogens is 431 g/mol. The summed E-state index contributed by atoms with van der Waals surface area (Å²) in [6.45, 7) is 0.378. The molecule has 33 heavy (non-hydrogen) atoms. The number of nitrogens with zero attached hydrogens (tertiary/aromatic N) is 8. The summed E-state index contributed by atoms with van der Waals surface area (Å²) in [5.41, 5.74) is -0.800. The zero-order chi connectivity index (χ0) is 23.6. The molecule has 3 aromatic rings. The number of aromatic nitrogens is 5. The van der Waals surface area contributed by atoms with Crippen molar-refractivity contribution >= 4 is 35.3 Å². The fourth-order valence-corrected chi connectivity index (χ4v) is 3.33. The number of aryl methyl sites for hydroxylation is 1. The van der Waals surface area contributed by atoms with Crippen molar-refractivity contribution in [2.24, 2.45) is 23.0 Å². The number of pyridine rings is 1. The molecule has 0 radical (unpaired) electrons. The Kier molecular flexibility index (Phi) is 5.79. The van der Waals surface area contributed by atoms with Crippen molar-refractivity contribution in [1.82, 2.24) is 29.6 Å². The molecule has 1 amide bonds. The van der Waals surface area contributed by atoms with Crippen molar-refractivity contribution in [2.45, 2.75) is 12.0 Å². The maximum Gasteiger partial charge on any atom is 0.260 e. The van der Waals surface area contributed by atoms with Gasteiger partial charge in [0.2, 0.25) is 5.95 Å². The Morgan fingerprint density at radius 3 is 2.76 bits per heavy atom. The van der Waals surface area contributed by atoms with Crippen LogP contribution in [0.25, 0.3) is 11.4 Å². The molecule has 0 aromatic carbocycles. The molecule has 4 heterocycles. The van der Waals surface area contributed by atoms with Crippen LogP contribution in [-0.2, 0) is 11.8 Å². The molecule has 0 spiro atoms. The Bertz CT molecular complexity index is 1260. The van der Waals surface area contributed by atoms with Gasteiger partial charge in [-0.2, -0.15) is 9.49 Å². The first kappa shape index (κ1) is 22.0. The van der Waals surface area contributed by atoms with Gasteiger partial charge in [-0.15, -0.1) is 5.10 Å². The molecule has 1 aliphatic rings. The SMILES string of the molecule is CN1CC[C@@](O)(C(/C=N/c2cccc(-c3ccnc(Nc4cn(C)nc4F)n3)n2)=N/N)C1=O. The van der Waals surface area contributed by atoms with Crippen LogP contribution in [0.3, 0.4) is 0 Å². The predicted octanol–water partition coefficient (Wildman–Crippen LogP) is 0.765. The number of nitrogens with one attached hydrogen (secondary N) is 1. The number of nitrogens with two attached hydrogens (primary N) is 1. The van der Waals surface area contributed by atoms with E-state index in [1.165, 1.54) is 28.2 Å². The van der Waals surface area contributed by atoms with E-state index in [0.717, 1.165) is 0 Å². The minimum atomic E-state index is -1.82. The van der Waals surface area contributed by atoms with Crippen LogP contribution < -0.4 is 11.2 Å². The molecule has 1 aliphatic heterocycles.